The molecule has 0 amide bonds. The first-order chi connectivity index (χ1) is 6.15. The van der Waals surface area contributed by atoms with Crippen LogP contribution in [0.25, 0.3) is 6.08 Å². The Morgan fingerprint density at radius 1 is 1.77 bits per heavy atom. The number of hydrogen-bond acceptors (Lipinski definition) is 4. The van der Waals surface area contributed by atoms with Crippen LogP contribution in [0.4, 0.5) is 5.82 Å². The summed E-state index contributed by atoms with van der Waals surface area (Å²) in [5.74, 6) is 0.134. The van der Waals surface area contributed by atoms with Gasteiger partial charge in [-0.3, -0.25) is 0 Å². The summed E-state index contributed by atoms with van der Waals surface area (Å²) in [6.07, 6.45) is 4.30. The molecule has 0 fully saturated rings. The first kappa shape index (κ1) is 9.00. The van der Waals surface area contributed by atoms with Crippen LogP contribution in [0.15, 0.2) is 17.1 Å². The first-order valence-electron chi connectivity index (χ1n) is 3.54. The van der Waals surface area contributed by atoms with Crippen molar-refractivity contribution in [2.24, 2.45) is 7.05 Å². The van der Waals surface area contributed by atoms with Gasteiger partial charge in [-0.25, -0.2) is 4.79 Å². The number of nitrogen functional groups attached to an aromatic ring is 1. The third-order valence-electron chi connectivity index (χ3n) is 1.48. The second kappa shape index (κ2) is 3.54. The molecule has 1 heterocycles. The summed E-state index contributed by atoms with van der Waals surface area (Å²) in [4.78, 5) is 14.5. The number of hydrogen-bond donors (Lipinski definition) is 1. The fraction of sp³-hybridized carbons (Fsp3) is 0.125. The van der Waals surface area contributed by atoms with Gasteiger partial charge in [-0.15, -0.1) is 0 Å². The number of anilines is 1. The minimum Gasteiger partial charge on any atom is -0.383 e. The SMILES string of the molecule is Cn1cc(/C=C/C#N)c(N)nc1=O. The van der Waals surface area contributed by atoms with Gasteiger partial charge in [0.15, 0.2) is 0 Å². The van der Waals surface area contributed by atoms with E-state index in [0.29, 0.717) is 5.56 Å². The van der Waals surface area contributed by atoms with Crippen molar-refractivity contribution in [1.82, 2.24) is 9.55 Å². The predicted octanol–water partition coefficient (Wildman–Crippen LogP) is -0.101. The number of rotatable bonds is 1. The van der Waals surface area contributed by atoms with Crippen molar-refractivity contribution < 1.29 is 0 Å². The molecular weight excluding hydrogens is 168 g/mol. The molecule has 1 aromatic rings. The predicted molar refractivity (Wildman–Crippen MR) is 48.5 cm³/mol. The number of aryl methyl sites for hydroxylation is 1. The standard InChI is InChI=1S/C8H8N4O/c1-12-5-6(3-2-4-9)7(10)11-8(12)13/h2-3,5H,1H3,(H2,10,11,13)/b3-2+. The molecule has 0 aliphatic rings. The molecule has 0 saturated carbocycles. The van der Waals surface area contributed by atoms with Crippen molar-refractivity contribution in [3.8, 4) is 6.07 Å². The van der Waals surface area contributed by atoms with Crippen molar-refractivity contribution in [3.63, 3.8) is 0 Å². The molecule has 0 unspecified atom stereocenters. The van der Waals surface area contributed by atoms with Crippen LogP contribution in [-0.4, -0.2) is 9.55 Å². The molecule has 0 aliphatic heterocycles. The van der Waals surface area contributed by atoms with Crippen LogP contribution in [0.2, 0.25) is 0 Å². The molecule has 5 heteroatoms. The molecule has 0 aliphatic carbocycles. The molecule has 13 heavy (non-hydrogen) atoms. The topological polar surface area (TPSA) is 84.7 Å². The zero-order valence-electron chi connectivity index (χ0n) is 7.06. The summed E-state index contributed by atoms with van der Waals surface area (Å²) in [6.45, 7) is 0. The number of nitrogens with zero attached hydrogens (tertiary/aromatic N) is 3. The van der Waals surface area contributed by atoms with Crippen LogP contribution in [0.1, 0.15) is 5.56 Å². The average molecular weight is 176 g/mol. The minimum absolute atomic E-state index is 0.134. The Labute approximate surface area is 74.7 Å². The second-order valence-electron chi connectivity index (χ2n) is 2.44. The fourth-order valence-corrected chi connectivity index (χ4v) is 0.832. The smallest absolute Gasteiger partial charge is 0.349 e. The van der Waals surface area contributed by atoms with Crippen LogP contribution >= 0.6 is 0 Å². The van der Waals surface area contributed by atoms with Crippen molar-refractivity contribution >= 4 is 11.9 Å². The Morgan fingerprint density at radius 3 is 3.08 bits per heavy atom. The molecule has 1 aromatic heterocycles. The third kappa shape index (κ3) is 1.93. The van der Waals surface area contributed by atoms with E-state index in [1.54, 1.807) is 7.05 Å². The Morgan fingerprint density at radius 2 is 2.46 bits per heavy atom. The lowest BCUT2D eigenvalue weighted by Crippen LogP contribution is -2.21. The average Bonchev–Trinajstić information content (AvgIpc) is 2.09. The highest BCUT2D eigenvalue weighted by Crippen LogP contribution is 2.05. The Kier molecular flexibility index (Phi) is 2.45. The Bertz CT molecular complexity index is 438. The summed E-state index contributed by atoms with van der Waals surface area (Å²) in [7, 11) is 1.57. The second-order valence-corrected chi connectivity index (χ2v) is 2.44. The van der Waals surface area contributed by atoms with Crippen molar-refractivity contribution in [2.75, 3.05) is 5.73 Å². The van der Waals surface area contributed by atoms with Crippen LogP contribution in [0, 0.1) is 11.3 Å². The summed E-state index contributed by atoms with van der Waals surface area (Å²) < 4.78 is 1.30. The van der Waals surface area contributed by atoms with E-state index in [4.69, 9.17) is 11.0 Å². The summed E-state index contributed by atoms with van der Waals surface area (Å²) >= 11 is 0. The van der Waals surface area contributed by atoms with Crippen molar-refractivity contribution in [2.45, 2.75) is 0 Å². The summed E-state index contributed by atoms with van der Waals surface area (Å²) in [5.41, 5.74) is 5.59. The van der Waals surface area contributed by atoms with Gasteiger partial charge in [-0.05, 0) is 6.08 Å². The van der Waals surface area contributed by atoms with Crippen LogP contribution in [0.5, 0.6) is 0 Å². The lowest BCUT2D eigenvalue weighted by atomic mass is 10.3. The van der Waals surface area contributed by atoms with E-state index in [0.717, 1.165) is 0 Å². The fourth-order valence-electron chi connectivity index (χ4n) is 0.832. The van der Waals surface area contributed by atoms with E-state index < -0.39 is 5.69 Å². The number of aromatic nitrogens is 2. The monoisotopic (exact) mass is 176 g/mol. The quantitative estimate of drug-likeness (QED) is 0.605. The molecule has 0 saturated heterocycles. The highest BCUT2D eigenvalue weighted by molar-refractivity contribution is 5.60. The Hall–Kier alpha value is -2.09. The maximum atomic E-state index is 10.9. The van der Waals surface area contributed by atoms with Gasteiger partial charge < -0.3 is 10.3 Å². The molecule has 0 aromatic carbocycles. The molecule has 0 bridgehead atoms. The van der Waals surface area contributed by atoms with Crippen molar-refractivity contribution in [1.29, 1.82) is 5.26 Å². The maximum Gasteiger partial charge on any atom is 0.349 e. The largest absolute Gasteiger partial charge is 0.383 e. The van der Waals surface area contributed by atoms with Gasteiger partial charge >= 0.3 is 5.69 Å². The van der Waals surface area contributed by atoms with Gasteiger partial charge in [0.05, 0.1) is 6.07 Å². The van der Waals surface area contributed by atoms with E-state index in [1.807, 2.05) is 6.07 Å². The van der Waals surface area contributed by atoms with E-state index in [-0.39, 0.29) is 5.82 Å². The lowest BCUT2D eigenvalue weighted by molar-refractivity contribution is 0.811. The zero-order chi connectivity index (χ0) is 9.84. The lowest BCUT2D eigenvalue weighted by Gasteiger charge is -2.00. The number of allylic oxidation sites excluding steroid dienone is 1. The van der Waals surface area contributed by atoms with Gasteiger partial charge in [0, 0.05) is 24.9 Å². The first-order valence-corrected chi connectivity index (χ1v) is 3.54. The van der Waals surface area contributed by atoms with E-state index >= 15 is 0 Å². The molecule has 0 spiro atoms. The molecular formula is C8H8N4O. The van der Waals surface area contributed by atoms with Gasteiger partial charge in [-0.1, -0.05) is 0 Å². The van der Waals surface area contributed by atoms with Crippen molar-refractivity contribution in [3.05, 3.63) is 28.3 Å². The van der Waals surface area contributed by atoms with E-state index in [9.17, 15) is 4.79 Å². The molecule has 66 valence electrons. The number of nitrogens with two attached hydrogens (primary N) is 1. The minimum atomic E-state index is -0.411. The summed E-state index contributed by atoms with van der Waals surface area (Å²) in [6, 6.07) is 1.83. The molecule has 0 atom stereocenters. The molecule has 1 rings (SSSR count). The Balaban J connectivity index is 3.25. The highest BCUT2D eigenvalue weighted by atomic mass is 16.1. The highest BCUT2D eigenvalue weighted by Gasteiger charge is 1.99. The maximum absolute atomic E-state index is 10.9. The molecule has 0 radical (unpaired) electrons. The zero-order valence-corrected chi connectivity index (χ0v) is 7.06. The summed E-state index contributed by atoms with van der Waals surface area (Å²) in [5, 5.41) is 8.28. The van der Waals surface area contributed by atoms with Gasteiger partial charge in [0.25, 0.3) is 0 Å². The van der Waals surface area contributed by atoms with Gasteiger partial charge in [-0.2, -0.15) is 10.2 Å². The van der Waals surface area contributed by atoms with Crippen LogP contribution in [-0.2, 0) is 7.05 Å². The van der Waals surface area contributed by atoms with Gasteiger partial charge in [0.2, 0.25) is 0 Å². The normalized spacial score (nSPS) is 10.2. The third-order valence-corrected chi connectivity index (χ3v) is 1.48. The van der Waals surface area contributed by atoms with Crippen LogP contribution in [0.3, 0.4) is 0 Å². The van der Waals surface area contributed by atoms with Gasteiger partial charge in [0.1, 0.15) is 5.82 Å². The van der Waals surface area contributed by atoms with E-state index in [2.05, 4.69) is 4.98 Å². The van der Waals surface area contributed by atoms with E-state index in [1.165, 1.54) is 22.9 Å². The molecule has 5 nitrogen and oxygen atoms in total. The number of nitriles is 1. The van der Waals surface area contributed by atoms with Crippen LogP contribution < -0.4 is 11.4 Å². The molecule has 2 N–H and O–H groups in total.